The van der Waals surface area contributed by atoms with E-state index in [9.17, 15) is 14.7 Å². The van der Waals surface area contributed by atoms with E-state index < -0.39 is 5.43 Å². The summed E-state index contributed by atoms with van der Waals surface area (Å²) < 4.78 is 17.0. The molecule has 1 unspecified atom stereocenters. The molecule has 2 heterocycles. The van der Waals surface area contributed by atoms with Crippen LogP contribution in [0.3, 0.4) is 0 Å². The number of ether oxygens (including phenoxy) is 2. The van der Waals surface area contributed by atoms with E-state index in [1.165, 1.54) is 6.07 Å². The molecule has 1 aromatic heterocycles. The Morgan fingerprint density at radius 2 is 1.76 bits per heavy atom. The summed E-state index contributed by atoms with van der Waals surface area (Å²) in [4.78, 5) is 23.9. The van der Waals surface area contributed by atoms with Crippen LogP contribution in [0.4, 0.5) is 0 Å². The van der Waals surface area contributed by atoms with Crippen molar-refractivity contribution in [1.82, 2.24) is 5.32 Å². The molecule has 1 atom stereocenters. The lowest BCUT2D eigenvalue weighted by molar-refractivity contribution is -0.171. The molecule has 178 valence electrons. The molecule has 0 aliphatic carbocycles. The third-order valence-electron chi connectivity index (χ3n) is 5.90. The largest absolute Gasteiger partial charge is 0.502 e. The van der Waals surface area contributed by atoms with Gasteiger partial charge in [0, 0.05) is 31.7 Å². The van der Waals surface area contributed by atoms with Gasteiger partial charge in [0.2, 0.25) is 11.2 Å². The maximum Gasteiger partial charge on any atom is 0.251 e. The number of hydrogen-bond donors (Lipinski definition) is 2. The normalized spacial score (nSPS) is 15.7. The van der Waals surface area contributed by atoms with Gasteiger partial charge in [-0.1, -0.05) is 36.4 Å². The van der Waals surface area contributed by atoms with E-state index in [1.807, 2.05) is 36.4 Å². The Hall–Kier alpha value is -3.42. The van der Waals surface area contributed by atoms with Crippen molar-refractivity contribution in [3.63, 3.8) is 0 Å². The number of benzene rings is 2. The molecule has 0 spiro atoms. The third-order valence-corrected chi connectivity index (χ3v) is 5.90. The summed E-state index contributed by atoms with van der Waals surface area (Å²) in [6.45, 7) is 0.802. The topological polar surface area (TPSA) is 98.0 Å². The highest BCUT2D eigenvalue weighted by molar-refractivity contribution is 5.94. The van der Waals surface area contributed by atoms with Gasteiger partial charge >= 0.3 is 0 Å². The molecule has 0 radical (unpaired) electrons. The lowest BCUT2D eigenvalue weighted by atomic mass is 10.0. The van der Waals surface area contributed by atoms with Crippen LogP contribution in [0.25, 0.3) is 11.1 Å². The molecule has 2 aromatic carbocycles. The molecular formula is C27H29NO6. The van der Waals surface area contributed by atoms with Crippen LogP contribution in [0.2, 0.25) is 0 Å². The van der Waals surface area contributed by atoms with E-state index in [4.69, 9.17) is 13.9 Å². The van der Waals surface area contributed by atoms with Crippen molar-refractivity contribution in [2.45, 2.75) is 45.0 Å². The SMILES string of the molecule is CNC(=O)c1ccc(-c2ccc(CCc3oc(COC4CCCCO4)cc(=O)c3O)cc2)cc1. The second-order valence-electron chi connectivity index (χ2n) is 8.31. The summed E-state index contributed by atoms with van der Waals surface area (Å²) in [5.41, 5.74) is 3.23. The number of hydrogen-bond acceptors (Lipinski definition) is 6. The second-order valence-corrected chi connectivity index (χ2v) is 8.31. The maximum atomic E-state index is 12.2. The summed E-state index contributed by atoms with van der Waals surface area (Å²) in [7, 11) is 1.61. The minimum Gasteiger partial charge on any atom is -0.502 e. The Morgan fingerprint density at radius 1 is 1.06 bits per heavy atom. The van der Waals surface area contributed by atoms with E-state index in [2.05, 4.69) is 5.32 Å². The van der Waals surface area contributed by atoms with Gasteiger partial charge in [0.1, 0.15) is 18.1 Å². The van der Waals surface area contributed by atoms with Crippen LogP contribution in [0.15, 0.2) is 63.8 Å². The van der Waals surface area contributed by atoms with E-state index in [0.29, 0.717) is 30.8 Å². The number of amides is 1. The second kappa shape index (κ2) is 11.1. The lowest BCUT2D eigenvalue weighted by Gasteiger charge is -2.22. The van der Waals surface area contributed by atoms with Crippen LogP contribution in [0, 0.1) is 0 Å². The van der Waals surface area contributed by atoms with E-state index >= 15 is 0 Å². The number of carbonyl (C=O) groups is 1. The van der Waals surface area contributed by atoms with Crippen molar-refractivity contribution < 1.29 is 23.8 Å². The molecule has 0 bridgehead atoms. The van der Waals surface area contributed by atoms with E-state index in [0.717, 1.165) is 36.0 Å². The molecule has 7 nitrogen and oxygen atoms in total. The quantitative estimate of drug-likeness (QED) is 0.520. The summed E-state index contributed by atoms with van der Waals surface area (Å²) in [6.07, 6.45) is 3.61. The molecule has 34 heavy (non-hydrogen) atoms. The predicted molar refractivity (Wildman–Crippen MR) is 128 cm³/mol. The van der Waals surface area contributed by atoms with Crippen molar-refractivity contribution in [3.8, 4) is 16.9 Å². The summed E-state index contributed by atoms with van der Waals surface area (Å²) in [5.74, 6) is 0.160. The molecule has 1 aliphatic rings. The molecule has 4 rings (SSSR count). The Morgan fingerprint density at radius 3 is 2.41 bits per heavy atom. The van der Waals surface area contributed by atoms with Gasteiger partial charge in [-0.15, -0.1) is 0 Å². The zero-order valence-electron chi connectivity index (χ0n) is 19.2. The molecular weight excluding hydrogens is 434 g/mol. The highest BCUT2D eigenvalue weighted by Gasteiger charge is 2.17. The molecule has 7 heteroatoms. The number of aromatic hydroxyl groups is 1. The fourth-order valence-electron chi connectivity index (χ4n) is 3.93. The van der Waals surface area contributed by atoms with Crippen LogP contribution >= 0.6 is 0 Å². The Balaban J connectivity index is 1.38. The zero-order chi connectivity index (χ0) is 23.9. The molecule has 1 amide bonds. The van der Waals surface area contributed by atoms with Gasteiger partial charge in [0.05, 0.1) is 0 Å². The molecule has 0 saturated carbocycles. The van der Waals surface area contributed by atoms with Gasteiger partial charge < -0.3 is 24.3 Å². The first-order valence-corrected chi connectivity index (χ1v) is 11.5. The average molecular weight is 464 g/mol. The van der Waals surface area contributed by atoms with Crippen LogP contribution < -0.4 is 10.7 Å². The van der Waals surface area contributed by atoms with Crippen molar-refractivity contribution in [2.24, 2.45) is 0 Å². The summed E-state index contributed by atoms with van der Waals surface area (Å²) >= 11 is 0. The number of rotatable bonds is 8. The van der Waals surface area contributed by atoms with Gasteiger partial charge in [0.15, 0.2) is 6.29 Å². The highest BCUT2D eigenvalue weighted by Crippen LogP contribution is 2.23. The average Bonchev–Trinajstić information content (AvgIpc) is 2.89. The first-order valence-electron chi connectivity index (χ1n) is 11.5. The van der Waals surface area contributed by atoms with Gasteiger partial charge in [-0.3, -0.25) is 9.59 Å². The maximum absolute atomic E-state index is 12.2. The summed E-state index contributed by atoms with van der Waals surface area (Å²) in [5, 5.41) is 12.8. The molecule has 1 fully saturated rings. The molecule has 1 aliphatic heterocycles. The third kappa shape index (κ3) is 5.92. The fourth-order valence-corrected chi connectivity index (χ4v) is 3.93. The van der Waals surface area contributed by atoms with Gasteiger partial charge in [-0.25, -0.2) is 0 Å². The predicted octanol–water partition coefficient (Wildman–Crippen LogP) is 4.20. The highest BCUT2D eigenvalue weighted by atomic mass is 16.7. The van der Waals surface area contributed by atoms with Crippen LogP contribution in [0.5, 0.6) is 5.75 Å². The zero-order valence-corrected chi connectivity index (χ0v) is 19.2. The number of aryl methyl sites for hydroxylation is 2. The Kier molecular flexibility index (Phi) is 7.77. The summed E-state index contributed by atoms with van der Waals surface area (Å²) in [6, 6.07) is 16.7. The molecule has 3 aromatic rings. The van der Waals surface area contributed by atoms with Crippen molar-refractivity contribution in [1.29, 1.82) is 0 Å². The first-order chi connectivity index (χ1) is 16.5. The molecule has 2 N–H and O–H groups in total. The Labute approximate surface area is 198 Å². The van der Waals surface area contributed by atoms with Crippen LogP contribution in [-0.4, -0.2) is 31.0 Å². The minimum atomic E-state index is -0.472. The monoisotopic (exact) mass is 463 g/mol. The van der Waals surface area contributed by atoms with Gasteiger partial charge in [-0.05, 0) is 54.5 Å². The standard InChI is InChI=1S/C27H29NO6/c1-28-27(31)21-12-10-20(11-13-21)19-8-5-18(6-9-19)7-14-24-26(30)23(29)16-22(34-24)17-33-25-4-2-3-15-32-25/h5-6,8-13,16,25,30H,2-4,7,14-15,17H2,1H3,(H,28,31). The fraction of sp³-hybridized carbons (Fsp3) is 0.333. The van der Waals surface area contributed by atoms with Gasteiger partial charge in [0.25, 0.3) is 5.91 Å². The smallest absolute Gasteiger partial charge is 0.251 e. The van der Waals surface area contributed by atoms with E-state index in [-0.39, 0.29) is 30.3 Å². The lowest BCUT2D eigenvalue weighted by Crippen LogP contribution is -2.22. The van der Waals surface area contributed by atoms with Crippen LogP contribution in [0.1, 0.15) is 46.7 Å². The van der Waals surface area contributed by atoms with Crippen molar-refractivity contribution >= 4 is 5.91 Å². The van der Waals surface area contributed by atoms with Crippen LogP contribution in [-0.2, 0) is 28.9 Å². The minimum absolute atomic E-state index is 0.116. The molecule has 1 saturated heterocycles. The van der Waals surface area contributed by atoms with Gasteiger partial charge in [-0.2, -0.15) is 0 Å². The number of nitrogens with one attached hydrogen (secondary N) is 1. The van der Waals surface area contributed by atoms with Crippen molar-refractivity contribution in [3.05, 3.63) is 87.5 Å². The number of carbonyl (C=O) groups excluding carboxylic acids is 1. The van der Waals surface area contributed by atoms with E-state index in [1.54, 1.807) is 19.2 Å². The van der Waals surface area contributed by atoms with Crippen molar-refractivity contribution in [2.75, 3.05) is 13.7 Å². The Bertz CT molecular complexity index is 1160. The first kappa shape index (κ1) is 23.7.